The molecule has 4 rings (SSSR count). The summed E-state index contributed by atoms with van der Waals surface area (Å²) in [5.41, 5.74) is 1.63. The van der Waals surface area contributed by atoms with Gasteiger partial charge in [0.05, 0.1) is 22.0 Å². The van der Waals surface area contributed by atoms with E-state index in [0.29, 0.717) is 30.2 Å². The van der Waals surface area contributed by atoms with Crippen molar-refractivity contribution in [2.75, 3.05) is 15.6 Å². The first kappa shape index (κ1) is 23.4. The van der Waals surface area contributed by atoms with Crippen LogP contribution < -0.4 is 9.03 Å². The van der Waals surface area contributed by atoms with Crippen molar-refractivity contribution in [1.82, 2.24) is 0 Å². The molecular weight excluding hydrogens is 477 g/mol. The standard InChI is InChI=1S/C22H21F3N2O4S2/c23-18-6-3-16(4-7-18)15-32(28,29)27-13-1-2-17-5-8-19(14-21(17)27)26-33(30,31)20-9-11-22(24,25)12-10-20/h3-11,14,26H,1-2,12-13,15H2. The summed E-state index contributed by atoms with van der Waals surface area (Å²) >= 11 is 0. The molecule has 0 saturated carbocycles. The minimum absolute atomic E-state index is 0.115. The molecule has 0 saturated heterocycles. The largest absolute Gasteiger partial charge is 0.280 e. The second kappa shape index (κ2) is 8.53. The number of alkyl halides is 2. The van der Waals surface area contributed by atoms with Crippen LogP contribution in [0.25, 0.3) is 0 Å². The zero-order valence-corrected chi connectivity index (χ0v) is 19.0. The van der Waals surface area contributed by atoms with E-state index in [4.69, 9.17) is 0 Å². The Morgan fingerprint density at radius 2 is 1.76 bits per heavy atom. The fourth-order valence-corrected chi connectivity index (χ4v) is 6.50. The summed E-state index contributed by atoms with van der Waals surface area (Å²) in [6.07, 6.45) is 2.82. The molecule has 1 aliphatic carbocycles. The van der Waals surface area contributed by atoms with Gasteiger partial charge in [0, 0.05) is 13.0 Å². The van der Waals surface area contributed by atoms with Crippen molar-refractivity contribution in [1.29, 1.82) is 0 Å². The molecule has 1 N–H and O–H groups in total. The van der Waals surface area contributed by atoms with Gasteiger partial charge < -0.3 is 0 Å². The van der Waals surface area contributed by atoms with Crippen molar-refractivity contribution in [3.63, 3.8) is 0 Å². The summed E-state index contributed by atoms with van der Waals surface area (Å²) < 4.78 is 94.8. The Bertz CT molecular complexity index is 1340. The van der Waals surface area contributed by atoms with Crippen molar-refractivity contribution >= 4 is 31.4 Å². The molecule has 0 bridgehead atoms. The summed E-state index contributed by atoms with van der Waals surface area (Å²) in [6.45, 7) is 0.218. The molecule has 6 nitrogen and oxygen atoms in total. The van der Waals surface area contributed by atoms with Gasteiger partial charge in [-0.2, -0.15) is 0 Å². The fourth-order valence-electron chi connectivity index (χ4n) is 3.75. The van der Waals surface area contributed by atoms with Gasteiger partial charge in [-0.05, 0) is 60.4 Å². The van der Waals surface area contributed by atoms with Gasteiger partial charge in [-0.15, -0.1) is 0 Å². The minimum Gasteiger partial charge on any atom is -0.280 e. The van der Waals surface area contributed by atoms with E-state index < -0.39 is 38.2 Å². The lowest BCUT2D eigenvalue weighted by molar-refractivity contribution is 0.0574. The molecule has 0 fully saturated rings. The van der Waals surface area contributed by atoms with Crippen LogP contribution >= 0.6 is 0 Å². The average molecular weight is 499 g/mol. The number of benzene rings is 2. The molecule has 2 aromatic rings. The smallest absolute Gasteiger partial charge is 0.270 e. The first-order chi connectivity index (χ1) is 15.5. The number of rotatable bonds is 6. The summed E-state index contributed by atoms with van der Waals surface area (Å²) in [6, 6.07) is 9.75. The molecule has 0 radical (unpaired) electrons. The monoisotopic (exact) mass is 498 g/mol. The molecule has 1 heterocycles. The van der Waals surface area contributed by atoms with Crippen molar-refractivity contribution in [3.8, 4) is 0 Å². The van der Waals surface area contributed by atoms with Crippen molar-refractivity contribution in [3.05, 3.63) is 82.5 Å². The molecule has 176 valence electrons. The van der Waals surface area contributed by atoms with Gasteiger partial charge >= 0.3 is 0 Å². The second-order valence-electron chi connectivity index (χ2n) is 7.91. The van der Waals surface area contributed by atoms with Crippen LogP contribution in [0.3, 0.4) is 0 Å². The van der Waals surface area contributed by atoms with Crippen LogP contribution in [-0.4, -0.2) is 29.3 Å². The maximum absolute atomic E-state index is 13.3. The molecule has 0 spiro atoms. The highest BCUT2D eigenvalue weighted by molar-refractivity contribution is 7.96. The van der Waals surface area contributed by atoms with Gasteiger partial charge in [0.2, 0.25) is 10.0 Å². The quantitative estimate of drug-likeness (QED) is 0.643. The van der Waals surface area contributed by atoms with E-state index in [-0.39, 0.29) is 22.9 Å². The number of allylic oxidation sites excluding steroid dienone is 3. The summed E-state index contributed by atoms with van der Waals surface area (Å²) in [5.74, 6) is -3.90. The van der Waals surface area contributed by atoms with E-state index in [1.54, 1.807) is 6.07 Å². The number of hydrogen-bond donors (Lipinski definition) is 1. The van der Waals surface area contributed by atoms with E-state index in [9.17, 15) is 30.0 Å². The Morgan fingerprint density at radius 1 is 1.03 bits per heavy atom. The Balaban J connectivity index is 1.60. The third-order valence-corrected chi connectivity index (χ3v) is 8.57. The highest BCUT2D eigenvalue weighted by Crippen LogP contribution is 2.34. The first-order valence-electron chi connectivity index (χ1n) is 10.1. The lowest BCUT2D eigenvalue weighted by atomic mass is 10.0. The Hall–Kier alpha value is -2.79. The molecule has 2 aromatic carbocycles. The molecule has 1 aliphatic heterocycles. The zero-order chi connectivity index (χ0) is 23.9. The van der Waals surface area contributed by atoms with E-state index in [0.717, 1.165) is 17.7 Å². The number of nitrogens with zero attached hydrogens (tertiary/aromatic N) is 1. The van der Waals surface area contributed by atoms with Gasteiger partial charge in [0.25, 0.3) is 15.9 Å². The lowest BCUT2D eigenvalue weighted by Crippen LogP contribution is -2.36. The SMILES string of the molecule is O=S(=O)(Nc1ccc2c(c1)N(S(=O)(=O)Cc1ccc(F)cc1)CCC2)C1=CCC(F)(F)C=C1. The highest BCUT2D eigenvalue weighted by Gasteiger charge is 2.31. The molecule has 0 unspecified atom stereocenters. The summed E-state index contributed by atoms with van der Waals surface area (Å²) in [4.78, 5) is -0.285. The second-order valence-corrected chi connectivity index (χ2v) is 11.5. The molecule has 0 atom stereocenters. The molecular formula is C22H21F3N2O4S2. The van der Waals surface area contributed by atoms with Gasteiger partial charge in [-0.3, -0.25) is 9.03 Å². The van der Waals surface area contributed by atoms with Gasteiger partial charge in [0.1, 0.15) is 5.82 Å². The van der Waals surface area contributed by atoms with E-state index in [1.165, 1.54) is 40.7 Å². The van der Waals surface area contributed by atoms with Crippen LogP contribution in [0.2, 0.25) is 0 Å². The summed E-state index contributed by atoms with van der Waals surface area (Å²) in [7, 11) is -7.96. The van der Waals surface area contributed by atoms with Crippen LogP contribution in [0.5, 0.6) is 0 Å². The minimum atomic E-state index is -4.13. The summed E-state index contributed by atoms with van der Waals surface area (Å²) in [5, 5.41) is 0. The first-order valence-corrected chi connectivity index (χ1v) is 13.2. The van der Waals surface area contributed by atoms with Crippen LogP contribution in [0.1, 0.15) is 24.0 Å². The molecule has 0 aromatic heterocycles. The van der Waals surface area contributed by atoms with E-state index in [2.05, 4.69) is 4.72 Å². The van der Waals surface area contributed by atoms with Crippen LogP contribution in [0.4, 0.5) is 24.5 Å². The fraction of sp³-hybridized carbons (Fsp3) is 0.273. The number of anilines is 2. The Labute approximate surface area is 190 Å². The van der Waals surface area contributed by atoms with Crippen molar-refractivity contribution in [2.45, 2.75) is 30.9 Å². The number of halogens is 3. The molecule has 0 amide bonds. The van der Waals surface area contributed by atoms with Crippen LogP contribution in [0, 0.1) is 5.82 Å². The predicted molar refractivity (Wildman–Crippen MR) is 120 cm³/mol. The van der Waals surface area contributed by atoms with Gasteiger partial charge in [-0.25, -0.2) is 30.0 Å². The average Bonchev–Trinajstić information content (AvgIpc) is 2.74. The third-order valence-electron chi connectivity index (χ3n) is 5.39. The van der Waals surface area contributed by atoms with Crippen molar-refractivity contribution < 1.29 is 30.0 Å². The lowest BCUT2D eigenvalue weighted by Gasteiger charge is -2.31. The topological polar surface area (TPSA) is 83.6 Å². The maximum Gasteiger partial charge on any atom is 0.270 e. The van der Waals surface area contributed by atoms with E-state index >= 15 is 0 Å². The van der Waals surface area contributed by atoms with Gasteiger partial charge in [-0.1, -0.05) is 24.3 Å². The Kier molecular flexibility index (Phi) is 6.04. The number of fused-ring (bicyclic) bond motifs is 1. The third kappa shape index (κ3) is 5.25. The highest BCUT2D eigenvalue weighted by atomic mass is 32.2. The zero-order valence-electron chi connectivity index (χ0n) is 17.3. The predicted octanol–water partition coefficient (Wildman–Crippen LogP) is 4.33. The molecule has 2 aliphatic rings. The number of hydrogen-bond acceptors (Lipinski definition) is 4. The number of aryl methyl sites for hydroxylation is 1. The molecule has 33 heavy (non-hydrogen) atoms. The normalized spacial score (nSPS) is 17.9. The van der Waals surface area contributed by atoms with E-state index in [1.807, 2.05) is 0 Å². The van der Waals surface area contributed by atoms with Crippen LogP contribution in [-0.2, 0) is 32.2 Å². The van der Waals surface area contributed by atoms with Crippen LogP contribution in [0.15, 0.2) is 65.6 Å². The van der Waals surface area contributed by atoms with Gasteiger partial charge in [0.15, 0.2) is 0 Å². The molecule has 11 heteroatoms. The number of nitrogens with one attached hydrogen (secondary N) is 1. The Morgan fingerprint density at radius 3 is 2.42 bits per heavy atom. The number of sulfonamides is 2. The van der Waals surface area contributed by atoms with Crippen molar-refractivity contribution in [2.24, 2.45) is 0 Å². The maximum atomic E-state index is 13.3.